The number of carbonyl (C=O) groups is 1. The van der Waals surface area contributed by atoms with Crippen molar-refractivity contribution < 1.29 is 4.79 Å². The highest BCUT2D eigenvalue weighted by Gasteiger charge is 2.55. The van der Waals surface area contributed by atoms with Gasteiger partial charge in [-0.05, 0) is 48.6 Å². The first-order valence-corrected chi connectivity index (χ1v) is 9.07. The van der Waals surface area contributed by atoms with Crippen molar-refractivity contribution in [3.63, 3.8) is 0 Å². The number of para-hydroxylation sites is 1. The van der Waals surface area contributed by atoms with Gasteiger partial charge in [-0.1, -0.05) is 31.5 Å². The van der Waals surface area contributed by atoms with Crippen molar-refractivity contribution in [2.75, 3.05) is 0 Å². The van der Waals surface area contributed by atoms with Gasteiger partial charge in [0.25, 0.3) is 0 Å². The summed E-state index contributed by atoms with van der Waals surface area (Å²) in [6.07, 6.45) is 6.35. The van der Waals surface area contributed by atoms with Crippen molar-refractivity contribution in [2.45, 2.75) is 57.4 Å². The Morgan fingerprint density at radius 2 is 2.17 bits per heavy atom. The molecule has 0 unspecified atom stereocenters. The third kappa shape index (κ3) is 1.56. The molecule has 1 aromatic heterocycles. The van der Waals surface area contributed by atoms with Crippen LogP contribution in [0.1, 0.15) is 61.0 Å². The van der Waals surface area contributed by atoms with Crippen LogP contribution in [0.3, 0.4) is 0 Å². The van der Waals surface area contributed by atoms with Crippen LogP contribution in [-0.2, 0) is 6.42 Å². The number of rotatable bonds is 1. The third-order valence-corrected chi connectivity index (χ3v) is 7.06. The molecule has 23 heavy (non-hydrogen) atoms. The molecule has 1 saturated carbocycles. The summed E-state index contributed by atoms with van der Waals surface area (Å²) < 4.78 is 2.06. The van der Waals surface area contributed by atoms with Gasteiger partial charge in [0.05, 0.1) is 5.52 Å². The number of nitrogens with two attached hydrogens (primary N) is 1. The Bertz CT molecular complexity index is 820. The van der Waals surface area contributed by atoms with E-state index in [1.165, 1.54) is 35.9 Å². The molecule has 120 valence electrons. The summed E-state index contributed by atoms with van der Waals surface area (Å²) in [4.78, 5) is 13.1. The second kappa shape index (κ2) is 4.47. The first-order valence-electron chi connectivity index (χ1n) is 9.07. The minimum Gasteiger partial charge on any atom is -0.327 e. The molecule has 0 saturated heterocycles. The molecule has 0 spiro atoms. The van der Waals surface area contributed by atoms with Crippen LogP contribution in [0.15, 0.2) is 24.3 Å². The Kier molecular flexibility index (Phi) is 2.68. The first-order chi connectivity index (χ1) is 11.2. The Hall–Kier alpha value is -1.61. The second-order valence-corrected chi connectivity index (χ2v) is 7.90. The van der Waals surface area contributed by atoms with Crippen molar-refractivity contribution >= 4 is 16.8 Å². The Balaban J connectivity index is 1.88. The number of aromatic nitrogens is 1. The van der Waals surface area contributed by atoms with Crippen LogP contribution >= 0.6 is 0 Å². The molecule has 0 amide bonds. The van der Waals surface area contributed by atoms with E-state index in [1.54, 1.807) is 0 Å². The van der Waals surface area contributed by atoms with Gasteiger partial charge in [0, 0.05) is 29.5 Å². The fourth-order valence-corrected chi connectivity index (χ4v) is 6.04. The largest absolute Gasteiger partial charge is 0.327 e. The van der Waals surface area contributed by atoms with Gasteiger partial charge in [0.15, 0.2) is 0 Å². The van der Waals surface area contributed by atoms with E-state index in [9.17, 15) is 4.79 Å². The van der Waals surface area contributed by atoms with Gasteiger partial charge < -0.3 is 5.73 Å². The average Bonchev–Trinajstić information content (AvgIpc) is 2.90. The molecule has 4 atom stereocenters. The maximum absolute atomic E-state index is 13.1. The van der Waals surface area contributed by atoms with Crippen LogP contribution in [0.5, 0.6) is 0 Å². The molecule has 2 aliphatic carbocycles. The normalized spacial score (nSPS) is 35.4. The van der Waals surface area contributed by atoms with E-state index in [4.69, 9.17) is 5.73 Å². The van der Waals surface area contributed by atoms with E-state index in [0.29, 0.717) is 24.2 Å². The summed E-state index contributed by atoms with van der Waals surface area (Å²) in [6, 6.07) is 8.65. The molecule has 2 aromatic rings. The standard InChI is InChI=1S/C20H24N2O/c1-2-20-9-5-7-13-15(21)10-14-12-6-3-4-8-16(12)22(17(23)11-20)19(14)18(13)20/h3-4,6,8,13,15,18H,2,5,7,9-11,21H2,1H3/t13-,15+,18-,20+/m0/s1. The lowest BCUT2D eigenvalue weighted by molar-refractivity contribution is 0.0328. The highest BCUT2D eigenvalue weighted by molar-refractivity contribution is 5.98. The van der Waals surface area contributed by atoms with E-state index in [1.807, 2.05) is 6.07 Å². The molecular weight excluding hydrogens is 284 g/mol. The highest BCUT2D eigenvalue weighted by Crippen LogP contribution is 2.61. The summed E-state index contributed by atoms with van der Waals surface area (Å²) in [5, 5.41) is 1.25. The number of carbonyl (C=O) groups excluding carboxylic acids is 1. The van der Waals surface area contributed by atoms with Crippen LogP contribution < -0.4 is 5.73 Å². The van der Waals surface area contributed by atoms with Gasteiger partial charge in [-0.15, -0.1) is 0 Å². The Morgan fingerprint density at radius 3 is 3.00 bits per heavy atom. The monoisotopic (exact) mass is 308 g/mol. The van der Waals surface area contributed by atoms with Gasteiger partial charge in [0.1, 0.15) is 0 Å². The average molecular weight is 308 g/mol. The zero-order valence-electron chi connectivity index (χ0n) is 13.7. The topological polar surface area (TPSA) is 48.0 Å². The lowest BCUT2D eigenvalue weighted by Gasteiger charge is -2.54. The Labute approximate surface area is 136 Å². The van der Waals surface area contributed by atoms with Crippen LogP contribution in [0.4, 0.5) is 0 Å². The molecular formula is C20H24N2O. The number of hydrogen-bond acceptors (Lipinski definition) is 2. The van der Waals surface area contributed by atoms with Crippen LogP contribution in [0.2, 0.25) is 0 Å². The van der Waals surface area contributed by atoms with Gasteiger partial charge in [0.2, 0.25) is 5.91 Å². The highest BCUT2D eigenvalue weighted by atomic mass is 16.2. The molecule has 3 heteroatoms. The van der Waals surface area contributed by atoms with E-state index >= 15 is 0 Å². The predicted molar refractivity (Wildman–Crippen MR) is 91.7 cm³/mol. The summed E-state index contributed by atoms with van der Waals surface area (Å²) >= 11 is 0. The molecule has 0 bridgehead atoms. The van der Waals surface area contributed by atoms with Crippen molar-refractivity contribution in [3.8, 4) is 0 Å². The molecule has 1 aromatic carbocycles. The van der Waals surface area contributed by atoms with E-state index < -0.39 is 0 Å². The second-order valence-electron chi connectivity index (χ2n) is 7.90. The minimum atomic E-state index is 0.150. The third-order valence-electron chi connectivity index (χ3n) is 7.06. The molecule has 3 nitrogen and oxygen atoms in total. The summed E-state index contributed by atoms with van der Waals surface area (Å²) in [7, 11) is 0. The van der Waals surface area contributed by atoms with Crippen LogP contribution in [-0.4, -0.2) is 16.5 Å². The molecule has 0 radical (unpaired) electrons. The van der Waals surface area contributed by atoms with Gasteiger partial charge in [-0.25, -0.2) is 0 Å². The van der Waals surface area contributed by atoms with E-state index in [2.05, 4.69) is 29.7 Å². The number of fused-ring (bicyclic) bond motifs is 3. The predicted octanol–water partition coefficient (Wildman–Crippen LogP) is 3.85. The van der Waals surface area contributed by atoms with Gasteiger partial charge in [-0.3, -0.25) is 9.36 Å². The smallest absolute Gasteiger partial charge is 0.231 e. The van der Waals surface area contributed by atoms with Crippen LogP contribution in [0, 0.1) is 11.3 Å². The minimum absolute atomic E-state index is 0.150. The molecule has 3 aliphatic rings. The SMILES string of the molecule is CC[C@@]12CCC[C@H]3[C@H](N)Cc4c(n(c5ccccc45)C(=O)C1)[C@H]32. The van der Waals surface area contributed by atoms with Crippen molar-refractivity contribution in [1.29, 1.82) is 0 Å². The fourth-order valence-electron chi connectivity index (χ4n) is 6.04. The van der Waals surface area contributed by atoms with E-state index in [0.717, 1.165) is 18.4 Å². The molecule has 2 N–H and O–H groups in total. The molecule has 1 fully saturated rings. The lowest BCUT2D eigenvalue weighted by atomic mass is 9.52. The van der Waals surface area contributed by atoms with Crippen molar-refractivity contribution in [1.82, 2.24) is 4.57 Å². The molecule has 1 aliphatic heterocycles. The maximum atomic E-state index is 13.1. The van der Waals surface area contributed by atoms with Gasteiger partial charge in [-0.2, -0.15) is 0 Å². The fraction of sp³-hybridized carbons (Fsp3) is 0.550. The van der Waals surface area contributed by atoms with Crippen LogP contribution in [0.25, 0.3) is 10.9 Å². The summed E-state index contributed by atoms with van der Waals surface area (Å²) in [5.41, 5.74) is 10.6. The number of hydrogen-bond donors (Lipinski definition) is 1. The maximum Gasteiger partial charge on any atom is 0.231 e. The zero-order chi connectivity index (χ0) is 15.8. The Morgan fingerprint density at radius 1 is 1.35 bits per heavy atom. The number of nitrogens with zero attached hydrogens (tertiary/aromatic N) is 1. The van der Waals surface area contributed by atoms with Gasteiger partial charge >= 0.3 is 0 Å². The molecule has 2 heterocycles. The first kappa shape index (κ1) is 13.8. The van der Waals surface area contributed by atoms with Crippen molar-refractivity contribution in [2.24, 2.45) is 17.1 Å². The lowest BCUT2D eigenvalue weighted by Crippen LogP contribution is -2.52. The number of benzene rings is 1. The summed E-state index contributed by atoms with van der Waals surface area (Å²) in [5.74, 6) is 1.33. The summed E-state index contributed by atoms with van der Waals surface area (Å²) in [6.45, 7) is 2.27. The quantitative estimate of drug-likeness (QED) is 0.870. The zero-order valence-corrected chi connectivity index (χ0v) is 13.7. The van der Waals surface area contributed by atoms with Crippen molar-refractivity contribution in [3.05, 3.63) is 35.5 Å². The molecule has 5 rings (SSSR count). The van der Waals surface area contributed by atoms with E-state index in [-0.39, 0.29) is 11.5 Å².